The second-order valence-electron chi connectivity index (χ2n) is 10.1. The van der Waals surface area contributed by atoms with Crippen LogP contribution in [0, 0.1) is 0 Å². The lowest BCUT2D eigenvalue weighted by atomic mass is 9.90. The van der Waals surface area contributed by atoms with Gasteiger partial charge in [-0.25, -0.2) is 0 Å². The third-order valence-corrected chi connectivity index (χ3v) is 7.54. The maximum Gasteiger partial charge on any atom is 0.433 e. The van der Waals surface area contributed by atoms with E-state index >= 15 is 0 Å². The number of pyridine rings is 1. The first-order valence-corrected chi connectivity index (χ1v) is 13.1. The van der Waals surface area contributed by atoms with Crippen LogP contribution < -0.4 is 10.2 Å². The first-order chi connectivity index (χ1) is 17.9. The number of alkyl halides is 3. The van der Waals surface area contributed by atoms with Crippen molar-refractivity contribution in [3.63, 3.8) is 0 Å². The van der Waals surface area contributed by atoms with E-state index < -0.39 is 17.9 Å². The Kier molecular flexibility index (Phi) is 7.60. The zero-order valence-electron chi connectivity index (χ0n) is 20.8. The number of rotatable bonds is 8. The highest BCUT2D eigenvalue weighted by Crippen LogP contribution is 2.31. The Morgan fingerprint density at radius 3 is 2.38 bits per heavy atom. The molecule has 4 nitrogen and oxygen atoms in total. The molecule has 1 unspecified atom stereocenters. The van der Waals surface area contributed by atoms with Gasteiger partial charge in [-0.05, 0) is 85.4 Å². The fraction of sp³-hybridized carbons (Fsp3) is 0.400. The van der Waals surface area contributed by atoms with Crippen LogP contribution in [0.25, 0.3) is 0 Å². The molecule has 1 aromatic heterocycles. The minimum absolute atomic E-state index is 0.0475. The summed E-state index contributed by atoms with van der Waals surface area (Å²) >= 11 is 0. The summed E-state index contributed by atoms with van der Waals surface area (Å²) < 4.78 is 38.9. The number of anilines is 1. The minimum atomic E-state index is -4.47. The van der Waals surface area contributed by atoms with Crippen molar-refractivity contribution in [3.8, 4) is 0 Å². The van der Waals surface area contributed by atoms with E-state index in [4.69, 9.17) is 0 Å². The maximum atomic E-state index is 14.2. The number of carbonyl (C=O) groups is 1. The van der Waals surface area contributed by atoms with Crippen LogP contribution in [0.5, 0.6) is 0 Å². The van der Waals surface area contributed by atoms with Gasteiger partial charge in [0.2, 0.25) is 5.91 Å². The number of halogens is 3. The molecule has 7 heteroatoms. The quantitative estimate of drug-likeness (QED) is 0.382. The molecule has 0 saturated heterocycles. The molecule has 0 bridgehead atoms. The van der Waals surface area contributed by atoms with Gasteiger partial charge in [-0.15, -0.1) is 0 Å². The summed E-state index contributed by atoms with van der Waals surface area (Å²) in [7, 11) is 0. The number of fused-ring (bicyclic) bond motifs is 1. The van der Waals surface area contributed by atoms with E-state index in [1.165, 1.54) is 29.8 Å². The van der Waals surface area contributed by atoms with Gasteiger partial charge in [0.15, 0.2) is 0 Å². The molecule has 2 aliphatic rings. The second-order valence-corrected chi connectivity index (χ2v) is 10.1. The van der Waals surface area contributed by atoms with E-state index in [1.54, 1.807) is 4.90 Å². The third-order valence-electron chi connectivity index (χ3n) is 7.54. The van der Waals surface area contributed by atoms with Crippen LogP contribution in [0.1, 0.15) is 66.1 Å². The monoisotopic (exact) mass is 507 g/mol. The molecular formula is C30H32F3N3O. The number of amides is 1. The standard InChI is InChI=1S/C30H32F3N3O/c31-30(32,33)27-16-13-21(20-34-27)17-18-36(26-15-14-22-7-4-5-10-24(22)19-26)29(37)28(35-25-11-6-12-25)23-8-2-1-3-9-23/h1-3,8-9,13-16,19-20,25,28,35H,4-7,10-12,17-18H2. The van der Waals surface area contributed by atoms with Crippen LogP contribution in [-0.2, 0) is 30.2 Å². The summed E-state index contributed by atoms with van der Waals surface area (Å²) in [5.74, 6) is -0.0475. The number of aryl methyl sites for hydroxylation is 2. The highest BCUT2D eigenvalue weighted by Gasteiger charge is 2.33. The van der Waals surface area contributed by atoms with Crippen LogP contribution >= 0.6 is 0 Å². The average molecular weight is 508 g/mol. The van der Waals surface area contributed by atoms with Crippen molar-refractivity contribution in [3.05, 3.63) is 94.8 Å². The Morgan fingerprint density at radius 2 is 1.73 bits per heavy atom. The summed E-state index contributed by atoms with van der Waals surface area (Å²) in [5.41, 5.74) is 4.11. The summed E-state index contributed by atoms with van der Waals surface area (Å²) in [6, 6.07) is 18.3. The molecule has 3 aromatic rings. The Morgan fingerprint density at radius 1 is 0.973 bits per heavy atom. The number of carbonyl (C=O) groups excluding carboxylic acids is 1. The van der Waals surface area contributed by atoms with E-state index in [9.17, 15) is 18.0 Å². The summed E-state index contributed by atoms with van der Waals surface area (Å²) in [6.45, 7) is 0.348. The zero-order chi connectivity index (χ0) is 25.8. The van der Waals surface area contributed by atoms with Crippen molar-refractivity contribution in [2.24, 2.45) is 0 Å². The van der Waals surface area contributed by atoms with Crippen LogP contribution in [0.4, 0.5) is 18.9 Å². The highest BCUT2D eigenvalue weighted by molar-refractivity contribution is 5.98. The number of benzene rings is 2. The first-order valence-electron chi connectivity index (χ1n) is 13.1. The summed E-state index contributed by atoms with van der Waals surface area (Å²) in [5, 5.41) is 3.58. The maximum absolute atomic E-state index is 14.2. The molecule has 5 rings (SSSR count). The van der Waals surface area contributed by atoms with Crippen molar-refractivity contribution in [1.82, 2.24) is 10.3 Å². The van der Waals surface area contributed by atoms with Gasteiger partial charge in [0.1, 0.15) is 11.7 Å². The molecule has 1 heterocycles. The lowest BCUT2D eigenvalue weighted by molar-refractivity contribution is -0.141. The zero-order valence-corrected chi connectivity index (χ0v) is 20.8. The topological polar surface area (TPSA) is 45.2 Å². The van der Waals surface area contributed by atoms with Gasteiger partial charge in [-0.3, -0.25) is 15.1 Å². The summed E-state index contributed by atoms with van der Waals surface area (Å²) in [6.07, 6.45) is 4.81. The van der Waals surface area contributed by atoms with E-state index in [0.29, 0.717) is 24.6 Å². The number of nitrogens with one attached hydrogen (secondary N) is 1. The van der Waals surface area contributed by atoms with E-state index in [0.717, 1.165) is 55.8 Å². The molecule has 37 heavy (non-hydrogen) atoms. The average Bonchev–Trinajstić information content (AvgIpc) is 2.88. The molecule has 0 spiro atoms. The second kappa shape index (κ2) is 11.1. The van der Waals surface area contributed by atoms with Crippen molar-refractivity contribution in [2.45, 2.75) is 69.6 Å². The lowest BCUT2D eigenvalue weighted by Gasteiger charge is -2.34. The van der Waals surface area contributed by atoms with Gasteiger partial charge < -0.3 is 4.90 Å². The molecule has 194 valence electrons. The van der Waals surface area contributed by atoms with Gasteiger partial charge >= 0.3 is 6.18 Å². The molecule has 1 saturated carbocycles. The lowest BCUT2D eigenvalue weighted by Crippen LogP contribution is -2.47. The fourth-order valence-electron chi connectivity index (χ4n) is 5.16. The molecule has 0 aliphatic heterocycles. The van der Waals surface area contributed by atoms with Crippen molar-refractivity contribution < 1.29 is 18.0 Å². The highest BCUT2D eigenvalue weighted by atomic mass is 19.4. The first kappa shape index (κ1) is 25.5. The summed E-state index contributed by atoms with van der Waals surface area (Å²) in [4.78, 5) is 19.6. The van der Waals surface area contributed by atoms with Gasteiger partial charge in [0, 0.05) is 24.5 Å². The SMILES string of the molecule is O=C(C(NC1CCC1)c1ccccc1)N(CCc1ccc(C(F)(F)F)nc1)c1ccc2c(c1)CCCC2. The van der Waals surface area contributed by atoms with E-state index in [-0.39, 0.29) is 5.91 Å². The molecule has 0 radical (unpaired) electrons. The Labute approximate surface area is 215 Å². The molecule has 1 fully saturated rings. The van der Waals surface area contributed by atoms with E-state index in [2.05, 4.69) is 22.4 Å². The Bertz CT molecular complexity index is 1210. The van der Waals surface area contributed by atoms with Crippen LogP contribution in [-0.4, -0.2) is 23.5 Å². The smallest absolute Gasteiger partial charge is 0.310 e. The molecule has 2 aliphatic carbocycles. The fourth-order valence-corrected chi connectivity index (χ4v) is 5.16. The number of hydrogen-bond acceptors (Lipinski definition) is 3. The van der Waals surface area contributed by atoms with Crippen molar-refractivity contribution in [2.75, 3.05) is 11.4 Å². The van der Waals surface area contributed by atoms with Gasteiger partial charge in [-0.1, -0.05) is 48.9 Å². The van der Waals surface area contributed by atoms with Crippen LogP contribution in [0.15, 0.2) is 66.9 Å². The number of nitrogens with zero attached hydrogens (tertiary/aromatic N) is 2. The largest absolute Gasteiger partial charge is 0.433 e. The van der Waals surface area contributed by atoms with Crippen LogP contribution in [0.3, 0.4) is 0 Å². The normalized spacial score (nSPS) is 16.5. The van der Waals surface area contributed by atoms with Gasteiger partial charge in [0.05, 0.1) is 0 Å². The molecule has 1 N–H and O–H groups in total. The third kappa shape index (κ3) is 6.04. The van der Waals surface area contributed by atoms with E-state index in [1.807, 2.05) is 36.4 Å². The predicted molar refractivity (Wildman–Crippen MR) is 138 cm³/mol. The molecule has 2 aromatic carbocycles. The van der Waals surface area contributed by atoms with Crippen LogP contribution in [0.2, 0.25) is 0 Å². The van der Waals surface area contributed by atoms with Gasteiger partial charge in [-0.2, -0.15) is 13.2 Å². The Hall–Kier alpha value is -3.19. The number of hydrogen-bond donors (Lipinski definition) is 1. The molecule has 1 atom stereocenters. The molecule has 1 amide bonds. The Balaban J connectivity index is 1.44. The van der Waals surface area contributed by atoms with Crippen molar-refractivity contribution in [1.29, 1.82) is 0 Å². The minimum Gasteiger partial charge on any atom is -0.310 e. The number of aromatic nitrogens is 1. The van der Waals surface area contributed by atoms with Gasteiger partial charge in [0.25, 0.3) is 0 Å². The molecular weight excluding hydrogens is 475 g/mol. The van der Waals surface area contributed by atoms with Crippen molar-refractivity contribution >= 4 is 11.6 Å². The predicted octanol–water partition coefficient (Wildman–Crippen LogP) is 6.44.